The molecule has 0 aliphatic carbocycles. The van der Waals surface area contributed by atoms with Gasteiger partial charge in [0.05, 0.1) is 6.42 Å². The largest absolute Gasteiger partial charge is 0.573 e. The van der Waals surface area contributed by atoms with Crippen LogP contribution in [0, 0.1) is 0 Å². The Morgan fingerprint density at radius 2 is 1.68 bits per heavy atom. The van der Waals surface area contributed by atoms with Gasteiger partial charge in [-0.1, -0.05) is 17.3 Å². The highest BCUT2D eigenvalue weighted by atomic mass is 19.4. The van der Waals surface area contributed by atoms with Gasteiger partial charge >= 0.3 is 6.36 Å². The van der Waals surface area contributed by atoms with Crippen molar-refractivity contribution in [3.05, 3.63) is 60.5 Å². The zero-order valence-electron chi connectivity index (χ0n) is 14.1. The molecule has 0 spiro atoms. The molecule has 2 aromatic carbocycles. The number of nitrogens with zero attached hydrogens (tertiary/aromatic N) is 3. The lowest BCUT2D eigenvalue weighted by atomic mass is 10.1. The van der Waals surface area contributed by atoms with Gasteiger partial charge in [-0.05, 0) is 42.0 Å². The predicted molar refractivity (Wildman–Crippen MR) is 89.4 cm³/mol. The molecule has 0 N–H and O–H groups in total. The number of hydrogen-bond donors (Lipinski definition) is 0. The Labute approximate surface area is 156 Å². The lowest BCUT2D eigenvalue weighted by molar-refractivity contribution is -0.274. The van der Waals surface area contributed by atoms with E-state index in [-0.39, 0.29) is 5.75 Å². The van der Waals surface area contributed by atoms with Gasteiger partial charge in [0.15, 0.2) is 6.10 Å². The molecule has 1 aromatic heterocycles. The van der Waals surface area contributed by atoms with E-state index in [1.54, 1.807) is 24.3 Å². The Hall–Kier alpha value is -3.56. The molecule has 0 saturated heterocycles. The Balaban J connectivity index is 1.35. The van der Waals surface area contributed by atoms with Crippen molar-refractivity contribution in [1.29, 1.82) is 0 Å². The Bertz CT molecular complexity index is 955. The minimum absolute atomic E-state index is 0.298. The van der Waals surface area contributed by atoms with Gasteiger partial charge in [-0.2, -0.15) is 0 Å². The molecule has 0 amide bonds. The molecular weight excluding hydrogens is 379 g/mol. The molecular formula is C18H12F3N3O4. The van der Waals surface area contributed by atoms with Gasteiger partial charge < -0.3 is 18.7 Å². The van der Waals surface area contributed by atoms with E-state index in [2.05, 4.69) is 20.1 Å². The molecule has 28 heavy (non-hydrogen) atoms. The molecule has 0 saturated carbocycles. The molecule has 0 radical (unpaired) electrons. The standard InChI is InChI=1S/C18H12F3N3O4/c19-18(20,21)27-14-7-1-11(2-8-14)15-9-16(24-28-15)26-13-5-3-12(4-6-13)17-23-22-10-25-17/h1-8,10,15H,9H2/t15-/m0/s1. The van der Waals surface area contributed by atoms with Crippen LogP contribution in [0.15, 0.2) is 64.5 Å². The molecule has 1 atom stereocenters. The van der Waals surface area contributed by atoms with E-state index in [4.69, 9.17) is 14.0 Å². The number of ether oxygens (including phenoxy) is 2. The summed E-state index contributed by atoms with van der Waals surface area (Å²) in [7, 11) is 0. The van der Waals surface area contributed by atoms with Crippen LogP contribution in [0.5, 0.6) is 11.5 Å². The van der Waals surface area contributed by atoms with Crippen molar-refractivity contribution < 1.29 is 31.9 Å². The van der Waals surface area contributed by atoms with Crippen LogP contribution in [0.4, 0.5) is 13.2 Å². The SMILES string of the molecule is FC(F)(F)Oc1ccc([C@@H]2CC(Oc3ccc(-c4nnco4)cc3)=NO2)cc1. The fourth-order valence-electron chi connectivity index (χ4n) is 2.58. The van der Waals surface area contributed by atoms with Crippen molar-refractivity contribution in [2.24, 2.45) is 5.16 Å². The zero-order chi connectivity index (χ0) is 19.6. The molecule has 0 bridgehead atoms. The Kier molecular flexibility index (Phi) is 4.60. The second kappa shape index (κ2) is 7.22. The van der Waals surface area contributed by atoms with Gasteiger partial charge in [-0.25, -0.2) is 0 Å². The maximum absolute atomic E-state index is 12.2. The first-order chi connectivity index (χ1) is 13.5. The molecule has 0 unspecified atom stereocenters. The molecule has 10 heteroatoms. The van der Waals surface area contributed by atoms with Crippen LogP contribution >= 0.6 is 0 Å². The number of halogens is 3. The summed E-state index contributed by atoms with van der Waals surface area (Å²) < 4.78 is 51.3. The van der Waals surface area contributed by atoms with Crippen LogP contribution in [-0.4, -0.2) is 22.5 Å². The molecule has 0 fully saturated rings. The van der Waals surface area contributed by atoms with Crippen LogP contribution in [0.25, 0.3) is 11.5 Å². The van der Waals surface area contributed by atoms with Crippen LogP contribution in [0.1, 0.15) is 18.1 Å². The summed E-state index contributed by atoms with van der Waals surface area (Å²) in [5, 5.41) is 11.3. The van der Waals surface area contributed by atoms with E-state index in [0.717, 1.165) is 5.56 Å². The average molecular weight is 391 g/mol. The van der Waals surface area contributed by atoms with Crippen LogP contribution in [0.2, 0.25) is 0 Å². The van der Waals surface area contributed by atoms with E-state index in [9.17, 15) is 13.2 Å². The van der Waals surface area contributed by atoms with E-state index in [1.165, 1.54) is 30.7 Å². The first-order valence-electron chi connectivity index (χ1n) is 8.09. The van der Waals surface area contributed by atoms with Crippen molar-refractivity contribution in [3.8, 4) is 23.0 Å². The molecule has 144 valence electrons. The van der Waals surface area contributed by atoms with E-state index < -0.39 is 12.5 Å². The summed E-state index contributed by atoms with van der Waals surface area (Å²) in [6, 6.07) is 12.4. The van der Waals surface area contributed by atoms with Gasteiger partial charge in [0.1, 0.15) is 11.5 Å². The monoisotopic (exact) mass is 391 g/mol. The lowest BCUT2D eigenvalue weighted by Crippen LogP contribution is -2.17. The number of benzene rings is 2. The highest BCUT2D eigenvalue weighted by Crippen LogP contribution is 2.31. The summed E-state index contributed by atoms with van der Waals surface area (Å²) in [5.41, 5.74) is 1.40. The van der Waals surface area contributed by atoms with Crippen molar-refractivity contribution in [2.75, 3.05) is 0 Å². The van der Waals surface area contributed by atoms with E-state index >= 15 is 0 Å². The maximum Gasteiger partial charge on any atom is 0.573 e. The van der Waals surface area contributed by atoms with Crippen LogP contribution in [0.3, 0.4) is 0 Å². The van der Waals surface area contributed by atoms with Crippen LogP contribution < -0.4 is 9.47 Å². The first kappa shape index (κ1) is 17.8. The van der Waals surface area contributed by atoms with E-state index in [0.29, 0.717) is 29.5 Å². The number of hydrogen-bond acceptors (Lipinski definition) is 7. The predicted octanol–water partition coefficient (Wildman–Crippen LogP) is 4.49. The van der Waals surface area contributed by atoms with Crippen molar-refractivity contribution in [2.45, 2.75) is 18.9 Å². The summed E-state index contributed by atoms with van der Waals surface area (Å²) in [6.45, 7) is 0. The third kappa shape index (κ3) is 4.22. The minimum atomic E-state index is -4.73. The Morgan fingerprint density at radius 3 is 2.32 bits per heavy atom. The molecule has 7 nitrogen and oxygen atoms in total. The summed E-state index contributed by atoms with van der Waals surface area (Å²) >= 11 is 0. The number of oxime groups is 1. The zero-order valence-corrected chi connectivity index (χ0v) is 14.1. The van der Waals surface area contributed by atoms with Gasteiger partial charge in [0.25, 0.3) is 0 Å². The van der Waals surface area contributed by atoms with Crippen molar-refractivity contribution in [3.63, 3.8) is 0 Å². The van der Waals surface area contributed by atoms with E-state index in [1.807, 2.05) is 0 Å². The lowest BCUT2D eigenvalue weighted by Gasteiger charge is -2.11. The molecule has 1 aliphatic heterocycles. The smallest absolute Gasteiger partial charge is 0.440 e. The van der Waals surface area contributed by atoms with Gasteiger partial charge in [0.2, 0.25) is 18.2 Å². The topological polar surface area (TPSA) is 79.0 Å². The highest BCUT2D eigenvalue weighted by molar-refractivity contribution is 5.80. The second-order valence-electron chi connectivity index (χ2n) is 5.77. The maximum atomic E-state index is 12.2. The summed E-state index contributed by atoms with van der Waals surface area (Å²) in [4.78, 5) is 5.31. The number of aromatic nitrogens is 2. The van der Waals surface area contributed by atoms with Gasteiger partial charge in [-0.3, -0.25) is 0 Å². The Morgan fingerprint density at radius 1 is 0.964 bits per heavy atom. The third-order valence-corrected chi connectivity index (χ3v) is 3.82. The first-order valence-corrected chi connectivity index (χ1v) is 8.09. The second-order valence-corrected chi connectivity index (χ2v) is 5.77. The normalized spacial score (nSPS) is 16.4. The molecule has 1 aliphatic rings. The number of rotatable bonds is 4. The quantitative estimate of drug-likeness (QED) is 0.652. The van der Waals surface area contributed by atoms with Crippen molar-refractivity contribution >= 4 is 5.90 Å². The summed E-state index contributed by atoms with van der Waals surface area (Å²) in [6.07, 6.45) is -3.60. The third-order valence-electron chi connectivity index (χ3n) is 3.82. The number of alkyl halides is 3. The highest BCUT2D eigenvalue weighted by Gasteiger charge is 2.31. The molecule has 4 rings (SSSR count). The van der Waals surface area contributed by atoms with Gasteiger partial charge in [-0.15, -0.1) is 23.4 Å². The van der Waals surface area contributed by atoms with Gasteiger partial charge in [0, 0.05) is 5.56 Å². The fourth-order valence-corrected chi connectivity index (χ4v) is 2.58. The van der Waals surface area contributed by atoms with Crippen LogP contribution in [-0.2, 0) is 4.84 Å². The van der Waals surface area contributed by atoms with Crippen molar-refractivity contribution in [1.82, 2.24) is 10.2 Å². The summed E-state index contributed by atoms with van der Waals surface area (Å²) in [5.74, 6) is 0.991. The fraction of sp³-hybridized carbons (Fsp3) is 0.167. The molecule has 3 aromatic rings. The molecule has 2 heterocycles. The average Bonchev–Trinajstić information content (AvgIpc) is 3.34. The minimum Gasteiger partial charge on any atom is -0.440 e.